The minimum Gasteiger partial charge on any atom is -0.489 e. The number of amides is 1. The van der Waals surface area contributed by atoms with Gasteiger partial charge < -0.3 is 14.6 Å². The zero-order valence-electron chi connectivity index (χ0n) is 17.5. The Morgan fingerprint density at radius 1 is 1.25 bits per heavy atom. The minimum atomic E-state index is -0.450. The second kappa shape index (κ2) is 9.63. The van der Waals surface area contributed by atoms with Crippen LogP contribution in [0.3, 0.4) is 0 Å². The fourth-order valence-electron chi connectivity index (χ4n) is 3.74. The Morgan fingerprint density at radius 2 is 2.00 bits per heavy atom. The van der Waals surface area contributed by atoms with Crippen LogP contribution in [-0.4, -0.2) is 22.1 Å². The summed E-state index contributed by atoms with van der Waals surface area (Å²) >= 11 is 7.65. The number of thioether (sulfide) groups is 1. The maximum atomic E-state index is 13.2. The standard InChI is InChI=1S/C24H22ClN3O3S/c1-3-12-31-19-11-7-5-9-16(19)17-13-20(29)26-22-21(17)23(30)27-24(28(22)2)32-14-15-8-4-6-10-18(15)25/h3-11,17H,1,12-14H2,2H3,(H,26,29). The van der Waals surface area contributed by atoms with Crippen molar-refractivity contribution in [2.45, 2.75) is 23.2 Å². The van der Waals surface area contributed by atoms with E-state index in [1.165, 1.54) is 11.8 Å². The van der Waals surface area contributed by atoms with Crippen LogP contribution < -0.4 is 15.6 Å². The fraction of sp³-hybridized carbons (Fsp3) is 0.208. The van der Waals surface area contributed by atoms with E-state index >= 15 is 0 Å². The Bertz CT molecular complexity index is 1240. The highest BCUT2D eigenvalue weighted by Gasteiger charge is 2.33. The fourth-order valence-corrected chi connectivity index (χ4v) is 4.99. The van der Waals surface area contributed by atoms with Crippen LogP contribution in [0, 0.1) is 0 Å². The van der Waals surface area contributed by atoms with Crippen molar-refractivity contribution in [2.24, 2.45) is 7.05 Å². The van der Waals surface area contributed by atoms with Crippen LogP contribution in [0.1, 0.15) is 29.0 Å². The molecule has 0 saturated heterocycles. The average molecular weight is 468 g/mol. The van der Waals surface area contributed by atoms with E-state index in [2.05, 4.69) is 16.9 Å². The number of anilines is 1. The number of benzene rings is 2. The van der Waals surface area contributed by atoms with Gasteiger partial charge in [-0.15, -0.1) is 0 Å². The predicted molar refractivity (Wildman–Crippen MR) is 128 cm³/mol. The van der Waals surface area contributed by atoms with E-state index in [1.54, 1.807) is 17.7 Å². The molecule has 4 rings (SSSR count). The largest absolute Gasteiger partial charge is 0.489 e. The summed E-state index contributed by atoms with van der Waals surface area (Å²) in [6, 6.07) is 15.0. The average Bonchev–Trinajstić information content (AvgIpc) is 2.79. The molecule has 0 spiro atoms. The molecule has 0 saturated carbocycles. The van der Waals surface area contributed by atoms with E-state index in [4.69, 9.17) is 16.3 Å². The first-order valence-electron chi connectivity index (χ1n) is 10.1. The lowest BCUT2D eigenvalue weighted by atomic mass is 9.86. The number of rotatable bonds is 7. The molecule has 1 atom stereocenters. The molecule has 8 heteroatoms. The summed E-state index contributed by atoms with van der Waals surface area (Å²) < 4.78 is 7.55. The Balaban J connectivity index is 1.73. The van der Waals surface area contributed by atoms with Gasteiger partial charge in [-0.2, -0.15) is 4.98 Å². The third-order valence-corrected chi connectivity index (χ3v) is 6.71. The van der Waals surface area contributed by atoms with E-state index < -0.39 is 5.92 Å². The minimum absolute atomic E-state index is 0.143. The maximum absolute atomic E-state index is 13.2. The normalized spacial score (nSPS) is 15.1. The summed E-state index contributed by atoms with van der Waals surface area (Å²) in [5.41, 5.74) is 1.83. The van der Waals surface area contributed by atoms with Crippen molar-refractivity contribution in [1.82, 2.24) is 9.55 Å². The molecule has 1 amide bonds. The number of hydrogen-bond acceptors (Lipinski definition) is 5. The van der Waals surface area contributed by atoms with E-state index in [9.17, 15) is 9.59 Å². The molecule has 0 fully saturated rings. The Morgan fingerprint density at radius 3 is 2.78 bits per heavy atom. The number of fused-ring (bicyclic) bond motifs is 1. The van der Waals surface area contributed by atoms with Crippen LogP contribution in [-0.2, 0) is 17.6 Å². The molecule has 2 aromatic carbocycles. The van der Waals surface area contributed by atoms with Gasteiger partial charge in [-0.3, -0.25) is 9.59 Å². The third kappa shape index (κ3) is 4.45. The lowest BCUT2D eigenvalue weighted by Crippen LogP contribution is -2.33. The first-order valence-corrected chi connectivity index (χ1v) is 11.5. The number of nitrogens with one attached hydrogen (secondary N) is 1. The van der Waals surface area contributed by atoms with Crippen molar-refractivity contribution < 1.29 is 9.53 Å². The van der Waals surface area contributed by atoms with Crippen LogP contribution in [0.2, 0.25) is 5.02 Å². The highest BCUT2D eigenvalue weighted by atomic mass is 35.5. The number of hydrogen-bond donors (Lipinski definition) is 1. The van der Waals surface area contributed by atoms with Crippen molar-refractivity contribution in [3.05, 3.63) is 93.3 Å². The summed E-state index contributed by atoms with van der Waals surface area (Å²) in [7, 11) is 1.79. The highest BCUT2D eigenvalue weighted by molar-refractivity contribution is 7.98. The number of para-hydroxylation sites is 1. The quantitative estimate of drug-likeness (QED) is 0.308. The van der Waals surface area contributed by atoms with Gasteiger partial charge in [0.2, 0.25) is 5.91 Å². The first kappa shape index (κ1) is 22.2. The Kier molecular flexibility index (Phi) is 6.67. The first-order chi connectivity index (χ1) is 15.5. The van der Waals surface area contributed by atoms with Gasteiger partial charge in [-0.05, 0) is 17.7 Å². The van der Waals surface area contributed by atoms with E-state index in [-0.39, 0.29) is 17.9 Å². The Labute approximate surface area is 195 Å². The van der Waals surface area contributed by atoms with E-state index in [0.717, 1.165) is 11.1 Å². The number of carbonyl (C=O) groups is 1. The van der Waals surface area contributed by atoms with E-state index in [0.29, 0.717) is 39.7 Å². The van der Waals surface area contributed by atoms with Gasteiger partial charge in [0.25, 0.3) is 5.56 Å². The molecule has 0 aliphatic carbocycles. The molecule has 3 aromatic rings. The van der Waals surface area contributed by atoms with Crippen molar-refractivity contribution in [3.8, 4) is 5.75 Å². The molecule has 2 heterocycles. The predicted octanol–water partition coefficient (Wildman–Crippen LogP) is 4.76. The van der Waals surface area contributed by atoms with Gasteiger partial charge in [0.1, 0.15) is 18.2 Å². The third-order valence-electron chi connectivity index (χ3n) is 5.27. The SMILES string of the molecule is C=CCOc1ccccc1C1CC(=O)Nc2c1c(=O)nc(SCc1ccccc1Cl)n2C. The molecule has 1 aliphatic rings. The van der Waals surface area contributed by atoms with Crippen molar-refractivity contribution in [1.29, 1.82) is 0 Å². The van der Waals surface area contributed by atoms with Crippen LogP contribution >= 0.6 is 23.4 Å². The zero-order chi connectivity index (χ0) is 22.7. The highest BCUT2D eigenvalue weighted by Crippen LogP contribution is 2.39. The van der Waals surface area contributed by atoms with Crippen molar-refractivity contribution >= 4 is 35.1 Å². The van der Waals surface area contributed by atoms with Crippen LogP contribution in [0.4, 0.5) is 5.82 Å². The van der Waals surface area contributed by atoms with E-state index in [1.807, 2.05) is 48.5 Å². The number of carbonyl (C=O) groups excluding carboxylic acids is 1. The second-order valence-corrected chi connectivity index (χ2v) is 8.69. The molecule has 1 N–H and O–H groups in total. The van der Waals surface area contributed by atoms with Gasteiger partial charge in [-0.25, -0.2) is 0 Å². The van der Waals surface area contributed by atoms with Crippen LogP contribution in [0.5, 0.6) is 5.75 Å². The molecule has 1 aromatic heterocycles. The molecule has 0 radical (unpaired) electrons. The maximum Gasteiger partial charge on any atom is 0.279 e. The smallest absolute Gasteiger partial charge is 0.279 e. The molecule has 1 aliphatic heterocycles. The van der Waals surface area contributed by atoms with Crippen molar-refractivity contribution in [3.63, 3.8) is 0 Å². The van der Waals surface area contributed by atoms with Crippen LogP contribution in [0.15, 0.2) is 71.1 Å². The number of ether oxygens (including phenoxy) is 1. The summed E-state index contributed by atoms with van der Waals surface area (Å²) in [6.07, 6.45) is 1.80. The molecule has 32 heavy (non-hydrogen) atoms. The molecule has 1 unspecified atom stereocenters. The summed E-state index contributed by atoms with van der Waals surface area (Å²) in [5.74, 6) is 1.02. The van der Waals surface area contributed by atoms with Gasteiger partial charge in [-0.1, -0.05) is 72.4 Å². The zero-order valence-corrected chi connectivity index (χ0v) is 19.1. The summed E-state index contributed by atoms with van der Waals surface area (Å²) in [4.78, 5) is 30.1. The number of aromatic nitrogens is 2. The molecule has 0 bridgehead atoms. The molecular formula is C24H22ClN3O3S. The Hall–Kier alpha value is -3.03. The lowest BCUT2D eigenvalue weighted by Gasteiger charge is -2.28. The molecular weight excluding hydrogens is 446 g/mol. The van der Waals surface area contributed by atoms with Gasteiger partial charge in [0.05, 0.1) is 5.56 Å². The number of halogens is 1. The van der Waals surface area contributed by atoms with Gasteiger partial charge in [0.15, 0.2) is 5.16 Å². The summed E-state index contributed by atoms with van der Waals surface area (Å²) in [6.45, 7) is 4.01. The van der Waals surface area contributed by atoms with Crippen molar-refractivity contribution in [2.75, 3.05) is 11.9 Å². The van der Waals surface area contributed by atoms with Gasteiger partial charge >= 0.3 is 0 Å². The molecule has 6 nitrogen and oxygen atoms in total. The van der Waals surface area contributed by atoms with Gasteiger partial charge in [0, 0.05) is 35.7 Å². The summed E-state index contributed by atoms with van der Waals surface area (Å²) in [5, 5.41) is 4.03. The monoisotopic (exact) mass is 467 g/mol. The lowest BCUT2D eigenvalue weighted by molar-refractivity contribution is -0.116. The molecule has 164 valence electrons. The number of nitrogens with zero attached hydrogens (tertiary/aromatic N) is 2. The van der Waals surface area contributed by atoms with Crippen LogP contribution in [0.25, 0.3) is 0 Å². The second-order valence-electron chi connectivity index (χ2n) is 7.34. The topological polar surface area (TPSA) is 73.2 Å².